The number of hydrogen-bond acceptors (Lipinski definition) is 3. The molecule has 1 aliphatic carbocycles. The summed E-state index contributed by atoms with van der Waals surface area (Å²) in [5.74, 6) is 1.16. The molecule has 0 saturated heterocycles. The molecule has 24 heavy (non-hydrogen) atoms. The number of hydrogen-bond donors (Lipinski definition) is 3. The van der Waals surface area contributed by atoms with E-state index in [0.29, 0.717) is 24.6 Å². The van der Waals surface area contributed by atoms with Crippen LogP contribution in [0.5, 0.6) is 0 Å². The fourth-order valence-electron chi connectivity index (χ4n) is 2.48. The van der Waals surface area contributed by atoms with E-state index in [0.717, 1.165) is 24.6 Å². The van der Waals surface area contributed by atoms with Gasteiger partial charge in [-0.25, -0.2) is 4.99 Å². The number of carbonyl (C=O) groups excluding carboxylic acids is 1. The molecule has 1 amide bonds. The third kappa shape index (κ3) is 6.20. The van der Waals surface area contributed by atoms with Crippen LogP contribution in [0.4, 0.5) is 0 Å². The molecule has 1 saturated carbocycles. The minimum atomic E-state index is -0.0567. The molecular weight excluding hydrogens is 302 g/mol. The van der Waals surface area contributed by atoms with Crippen LogP contribution in [0.3, 0.4) is 0 Å². The van der Waals surface area contributed by atoms with Crippen molar-refractivity contribution in [1.29, 1.82) is 0 Å². The molecule has 1 aromatic carbocycles. The van der Waals surface area contributed by atoms with Gasteiger partial charge in [-0.2, -0.15) is 0 Å². The fraction of sp³-hybridized carbons (Fsp3) is 0.556. The zero-order valence-electron chi connectivity index (χ0n) is 14.7. The molecule has 0 aromatic heterocycles. The highest BCUT2D eigenvalue weighted by molar-refractivity contribution is 5.94. The lowest BCUT2D eigenvalue weighted by Gasteiger charge is -2.25. The van der Waals surface area contributed by atoms with Gasteiger partial charge in [-0.1, -0.05) is 18.6 Å². The van der Waals surface area contributed by atoms with Gasteiger partial charge in [0.1, 0.15) is 0 Å². The van der Waals surface area contributed by atoms with Crippen LogP contribution in [0.2, 0.25) is 0 Å². The third-order valence-electron chi connectivity index (χ3n) is 4.26. The summed E-state index contributed by atoms with van der Waals surface area (Å²) in [7, 11) is 3.96. The summed E-state index contributed by atoms with van der Waals surface area (Å²) in [6.45, 7) is 2.83. The van der Waals surface area contributed by atoms with Crippen molar-refractivity contribution < 1.29 is 4.79 Å². The highest BCUT2D eigenvalue weighted by atomic mass is 16.1. The van der Waals surface area contributed by atoms with E-state index in [2.05, 4.69) is 15.6 Å². The SMILES string of the molecule is CN(C)CCNC(=O)c1cccc(CN=C(N)NCC2CCC2)c1. The van der Waals surface area contributed by atoms with E-state index in [9.17, 15) is 4.79 Å². The van der Waals surface area contributed by atoms with Crippen molar-refractivity contribution in [3.8, 4) is 0 Å². The van der Waals surface area contributed by atoms with E-state index >= 15 is 0 Å². The van der Waals surface area contributed by atoms with Gasteiger partial charge < -0.3 is 21.3 Å². The average Bonchev–Trinajstić information content (AvgIpc) is 2.51. The number of aliphatic imine (C=N–C) groups is 1. The first-order valence-corrected chi connectivity index (χ1v) is 8.60. The van der Waals surface area contributed by atoms with Crippen molar-refractivity contribution in [2.45, 2.75) is 25.8 Å². The molecular formula is C18H29N5O. The van der Waals surface area contributed by atoms with Crippen LogP contribution in [0.25, 0.3) is 0 Å². The van der Waals surface area contributed by atoms with E-state index in [-0.39, 0.29) is 5.91 Å². The lowest BCUT2D eigenvalue weighted by molar-refractivity contribution is 0.0951. The van der Waals surface area contributed by atoms with Crippen molar-refractivity contribution in [3.63, 3.8) is 0 Å². The molecule has 132 valence electrons. The Morgan fingerprint density at radius 2 is 2.12 bits per heavy atom. The Hall–Kier alpha value is -2.08. The summed E-state index contributed by atoms with van der Waals surface area (Å²) in [4.78, 5) is 18.5. The second-order valence-corrected chi connectivity index (χ2v) is 6.64. The summed E-state index contributed by atoms with van der Waals surface area (Å²) in [6, 6.07) is 7.52. The fourth-order valence-corrected chi connectivity index (χ4v) is 2.48. The Bertz CT molecular complexity index is 566. The van der Waals surface area contributed by atoms with Crippen molar-refractivity contribution >= 4 is 11.9 Å². The summed E-state index contributed by atoms with van der Waals surface area (Å²) >= 11 is 0. The molecule has 0 atom stereocenters. The summed E-state index contributed by atoms with van der Waals surface area (Å²) in [5.41, 5.74) is 7.53. The molecule has 4 N–H and O–H groups in total. The van der Waals surface area contributed by atoms with E-state index in [1.54, 1.807) is 0 Å². The zero-order chi connectivity index (χ0) is 17.4. The third-order valence-corrected chi connectivity index (χ3v) is 4.26. The van der Waals surface area contributed by atoms with Gasteiger partial charge in [-0.15, -0.1) is 0 Å². The minimum Gasteiger partial charge on any atom is -0.370 e. The summed E-state index contributed by atoms with van der Waals surface area (Å²) in [5, 5.41) is 6.09. The first-order chi connectivity index (χ1) is 11.5. The molecule has 1 aliphatic rings. The first-order valence-electron chi connectivity index (χ1n) is 8.60. The Balaban J connectivity index is 1.81. The van der Waals surface area contributed by atoms with Gasteiger partial charge in [0.25, 0.3) is 5.91 Å². The number of amides is 1. The highest BCUT2D eigenvalue weighted by Gasteiger charge is 2.16. The molecule has 0 unspecified atom stereocenters. The van der Waals surface area contributed by atoms with Gasteiger partial charge in [0.15, 0.2) is 5.96 Å². The van der Waals surface area contributed by atoms with E-state index in [4.69, 9.17) is 5.73 Å². The number of likely N-dealkylation sites (N-methyl/N-ethyl adjacent to an activating group) is 1. The Morgan fingerprint density at radius 1 is 1.33 bits per heavy atom. The van der Waals surface area contributed by atoms with Gasteiger partial charge in [0.05, 0.1) is 6.54 Å². The summed E-state index contributed by atoms with van der Waals surface area (Å²) < 4.78 is 0. The minimum absolute atomic E-state index is 0.0567. The molecule has 1 aromatic rings. The van der Waals surface area contributed by atoms with Crippen LogP contribution < -0.4 is 16.4 Å². The molecule has 2 rings (SSSR count). The predicted octanol–water partition coefficient (Wildman–Crippen LogP) is 1.18. The topological polar surface area (TPSA) is 82.8 Å². The zero-order valence-corrected chi connectivity index (χ0v) is 14.7. The highest BCUT2D eigenvalue weighted by Crippen LogP contribution is 2.24. The van der Waals surface area contributed by atoms with Crippen molar-refractivity contribution in [2.24, 2.45) is 16.6 Å². The quantitative estimate of drug-likeness (QED) is 0.493. The number of benzene rings is 1. The van der Waals surface area contributed by atoms with E-state index in [1.807, 2.05) is 43.3 Å². The Morgan fingerprint density at radius 3 is 2.79 bits per heavy atom. The second-order valence-electron chi connectivity index (χ2n) is 6.64. The van der Waals surface area contributed by atoms with Crippen LogP contribution in [0, 0.1) is 5.92 Å². The van der Waals surface area contributed by atoms with Crippen molar-refractivity contribution in [2.75, 3.05) is 33.7 Å². The summed E-state index contributed by atoms with van der Waals surface area (Å²) in [6.07, 6.45) is 3.89. The normalized spacial score (nSPS) is 15.2. The maximum Gasteiger partial charge on any atom is 0.251 e. The molecule has 0 heterocycles. The van der Waals surface area contributed by atoms with Gasteiger partial charge >= 0.3 is 0 Å². The molecule has 0 bridgehead atoms. The largest absolute Gasteiger partial charge is 0.370 e. The van der Waals surface area contributed by atoms with Gasteiger partial charge in [0.2, 0.25) is 0 Å². The van der Waals surface area contributed by atoms with Crippen LogP contribution in [0.15, 0.2) is 29.3 Å². The standard InChI is InChI=1S/C18H29N5O/c1-23(2)10-9-20-17(24)16-8-4-7-15(11-16)13-22-18(19)21-12-14-5-3-6-14/h4,7-8,11,14H,3,5-6,9-10,12-13H2,1-2H3,(H,20,24)(H3,19,21,22). The molecule has 1 fully saturated rings. The lowest BCUT2D eigenvalue weighted by Crippen LogP contribution is -2.37. The predicted molar refractivity (Wildman–Crippen MR) is 98.0 cm³/mol. The molecule has 0 radical (unpaired) electrons. The molecule has 0 aliphatic heterocycles. The van der Waals surface area contributed by atoms with Gasteiger partial charge in [-0.3, -0.25) is 4.79 Å². The van der Waals surface area contributed by atoms with Crippen molar-refractivity contribution in [3.05, 3.63) is 35.4 Å². The van der Waals surface area contributed by atoms with Crippen LogP contribution in [-0.4, -0.2) is 50.5 Å². The molecule has 6 heteroatoms. The van der Waals surface area contributed by atoms with Crippen LogP contribution >= 0.6 is 0 Å². The van der Waals surface area contributed by atoms with E-state index in [1.165, 1.54) is 19.3 Å². The maximum absolute atomic E-state index is 12.1. The van der Waals surface area contributed by atoms with Crippen LogP contribution in [0.1, 0.15) is 35.2 Å². The Kier molecular flexibility index (Phi) is 7.06. The van der Waals surface area contributed by atoms with Gasteiger partial charge in [-0.05, 0) is 50.6 Å². The van der Waals surface area contributed by atoms with E-state index < -0.39 is 0 Å². The number of guanidine groups is 1. The molecule has 6 nitrogen and oxygen atoms in total. The number of carbonyl (C=O) groups is 1. The smallest absolute Gasteiger partial charge is 0.251 e. The average molecular weight is 331 g/mol. The Labute approximate surface area is 144 Å². The first kappa shape index (κ1) is 18.3. The van der Waals surface area contributed by atoms with Crippen LogP contribution in [-0.2, 0) is 6.54 Å². The number of nitrogens with one attached hydrogen (secondary N) is 2. The van der Waals surface area contributed by atoms with Gasteiger partial charge in [0, 0.05) is 25.2 Å². The number of nitrogens with two attached hydrogens (primary N) is 1. The second kappa shape index (κ2) is 9.27. The lowest BCUT2D eigenvalue weighted by atomic mass is 9.85. The monoisotopic (exact) mass is 331 g/mol. The molecule has 0 spiro atoms. The maximum atomic E-state index is 12.1. The number of rotatable bonds is 8. The number of nitrogens with zero attached hydrogens (tertiary/aromatic N) is 2. The van der Waals surface area contributed by atoms with Crippen molar-refractivity contribution in [1.82, 2.24) is 15.5 Å².